The summed E-state index contributed by atoms with van der Waals surface area (Å²) in [5.41, 5.74) is 3.58. The molecule has 0 bridgehead atoms. The summed E-state index contributed by atoms with van der Waals surface area (Å²) in [4.78, 5) is 34.5. The Morgan fingerprint density at radius 3 is 2.72 bits per heavy atom. The molecule has 0 atom stereocenters. The van der Waals surface area contributed by atoms with Gasteiger partial charge in [0.2, 0.25) is 0 Å². The Hall–Kier alpha value is -3.58. The molecule has 4 aromatic heterocycles. The van der Waals surface area contributed by atoms with Crippen molar-refractivity contribution < 1.29 is 4.79 Å². The Balaban J connectivity index is 1.63. The van der Waals surface area contributed by atoms with E-state index in [0.29, 0.717) is 17.7 Å². The normalized spacial score (nSPS) is 10.7. The number of carbonyl (C=O) groups is 1. The van der Waals surface area contributed by atoms with Crippen LogP contribution in [0.2, 0.25) is 0 Å². The lowest BCUT2D eigenvalue weighted by Gasteiger charge is -2.12. The van der Waals surface area contributed by atoms with Crippen LogP contribution in [0.25, 0.3) is 21.7 Å². The fourth-order valence-electron chi connectivity index (χ4n) is 3.07. The molecule has 0 aliphatic heterocycles. The summed E-state index contributed by atoms with van der Waals surface area (Å²) in [5, 5.41) is 4.89. The van der Waals surface area contributed by atoms with Gasteiger partial charge in [0.1, 0.15) is 0 Å². The predicted molar refractivity (Wildman–Crippen MR) is 114 cm³/mol. The molecule has 0 unspecified atom stereocenters. The molecule has 6 nitrogen and oxygen atoms in total. The Kier molecular flexibility index (Phi) is 5.31. The third-order valence-electron chi connectivity index (χ3n) is 4.54. The minimum Gasteiger partial charge on any atom is -0.348 e. The highest BCUT2D eigenvalue weighted by molar-refractivity contribution is 7.13. The summed E-state index contributed by atoms with van der Waals surface area (Å²) < 4.78 is 1.42. The van der Waals surface area contributed by atoms with Crippen molar-refractivity contribution in [1.29, 1.82) is 0 Å². The predicted octanol–water partition coefficient (Wildman–Crippen LogP) is 3.50. The van der Waals surface area contributed by atoms with Crippen molar-refractivity contribution in [2.75, 3.05) is 0 Å². The van der Waals surface area contributed by atoms with Crippen LogP contribution < -0.4 is 10.9 Å². The molecule has 1 N–H and O–H groups in total. The first-order valence-electron chi connectivity index (χ1n) is 9.00. The number of nitrogens with zero attached hydrogens (tertiary/aromatic N) is 3. The lowest BCUT2D eigenvalue weighted by molar-refractivity contribution is 0.0951. The molecule has 0 saturated heterocycles. The van der Waals surface area contributed by atoms with Crippen LogP contribution in [0.5, 0.6) is 0 Å². The molecule has 144 valence electrons. The van der Waals surface area contributed by atoms with Gasteiger partial charge in [-0.05, 0) is 35.2 Å². The van der Waals surface area contributed by atoms with E-state index in [1.54, 1.807) is 31.8 Å². The minimum absolute atomic E-state index is 0.155. The summed E-state index contributed by atoms with van der Waals surface area (Å²) in [7, 11) is 1.64. The number of hydrogen-bond acceptors (Lipinski definition) is 5. The Bertz CT molecular complexity index is 1200. The van der Waals surface area contributed by atoms with Gasteiger partial charge < -0.3 is 9.88 Å². The topological polar surface area (TPSA) is 76.9 Å². The van der Waals surface area contributed by atoms with E-state index in [4.69, 9.17) is 0 Å². The maximum Gasteiger partial charge on any atom is 0.253 e. The van der Waals surface area contributed by atoms with Crippen molar-refractivity contribution in [1.82, 2.24) is 19.9 Å². The largest absolute Gasteiger partial charge is 0.348 e. The minimum atomic E-state index is -0.242. The van der Waals surface area contributed by atoms with Crippen molar-refractivity contribution in [3.8, 4) is 21.7 Å². The van der Waals surface area contributed by atoms with Crippen LogP contribution in [-0.4, -0.2) is 20.4 Å². The molecule has 4 aromatic rings. The molecule has 0 saturated carbocycles. The van der Waals surface area contributed by atoms with Gasteiger partial charge in [0.05, 0.1) is 11.3 Å². The number of hydrogen-bond donors (Lipinski definition) is 1. The van der Waals surface area contributed by atoms with Crippen molar-refractivity contribution in [3.63, 3.8) is 0 Å². The van der Waals surface area contributed by atoms with Crippen LogP contribution in [0, 0.1) is 0 Å². The van der Waals surface area contributed by atoms with E-state index in [-0.39, 0.29) is 11.5 Å². The number of nitrogens with one attached hydrogen (secondary N) is 1. The molecule has 4 heterocycles. The molecular weight excluding hydrogens is 384 g/mol. The molecule has 0 aromatic carbocycles. The zero-order chi connectivity index (χ0) is 20.2. The Labute approximate surface area is 171 Å². The van der Waals surface area contributed by atoms with Gasteiger partial charge in [-0.15, -0.1) is 11.3 Å². The second kappa shape index (κ2) is 8.20. The van der Waals surface area contributed by atoms with Crippen molar-refractivity contribution in [2.24, 2.45) is 7.05 Å². The molecule has 0 spiro atoms. The first-order valence-corrected chi connectivity index (χ1v) is 9.88. The van der Waals surface area contributed by atoms with E-state index in [1.807, 2.05) is 41.8 Å². The maximum absolute atomic E-state index is 13.0. The fourth-order valence-corrected chi connectivity index (χ4v) is 3.82. The number of pyridine rings is 3. The van der Waals surface area contributed by atoms with Crippen LogP contribution >= 0.6 is 11.3 Å². The quantitative estimate of drug-likeness (QED) is 0.554. The number of aryl methyl sites for hydroxylation is 1. The van der Waals surface area contributed by atoms with Gasteiger partial charge in [-0.25, -0.2) is 0 Å². The summed E-state index contributed by atoms with van der Waals surface area (Å²) in [6.07, 6.45) is 6.73. The van der Waals surface area contributed by atoms with Crippen LogP contribution in [0.15, 0.2) is 77.4 Å². The molecule has 0 aliphatic carbocycles. The molecule has 1 amide bonds. The van der Waals surface area contributed by atoms with Crippen LogP contribution in [-0.2, 0) is 13.6 Å². The van der Waals surface area contributed by atoms with Gasteiger partial charge in [-0.3, -0.25) is 19.6 Å². The van der Waals surface area contributed by atoms with E-state index in [0.717, 1.165) is 21.7 Å². The first kappa shape index (κ1) is 18.8. The summed E-state index contributed by atoms with van der Waals surface area (Å²) in [6, 6.07) is 12.9. The Morgan fingerprint density at radius 1 is 1.14 bits per heavy atom. The third kappa shape index (κ3) is 4.00. The lowest BCUT2D eigenvalue weighted by Crippen LogP contribution is -2.26. The summed E-state index contributed by atoms with van der Waals surface area (Å²) in [6.45, 7) is 0.317. The zero-order valence-corrected chi connectivity index (χ0v) is 16.5. The fraction of sp³-hybridized carbons (Fsp3) is 0.0909. The molecule has 0 radical (unpaired) electrons. The molecule has 29 heavy (non-hydrogen) atoms. The van der Waals surface area contributed by atoms with Crippen molar-refractivity contribution >= 4 is 17.2 Å². The van der Waals surface area contributed by atoms with Crippen molar-refractivity contribution in [2.45, 2.75) is 6.54 Å². The number of rotatable bonds is 5. The Morgan fingerprint density at radius 2 is 1.97 bits per heavy atom. The van der Waals surface area contributed by atoms with E-state index in [9.17, 15) is 9.59 Å². The molecule has 0 fully saturated rings. The summed E-state index contributed by atoms with van der Waals surface area (Å²) in [5.74, 6) is -0.242. The van der Waals surface area contributed by atoms with E-state index in [1.165, 1.54) is 22.0 Å². The van der Waals surface area contributed by atoms with Gasteiger partial charge in [0, 0.05) is 60.5 Å². The van der Waals surface area contributed by atoms with Crippen LogP contribution in [0.1, 0.15) is 15.9 Å². The lowest BCUT2D eigenvalue weighted by atomic mass is 10.1. The highest BCUT2D eigenvalue weighted by atomic mass is 32.1. The highest BCUT2D eigenvalue weighted by Crippen LogP contribution is 2.27. The van der Waals surface area contributed by atoms with Crippen LogP contribution in [0.4, 0.5) is 0 Å². The van der Waals surface area contributed by atoms with Crippen LogP contribution in [0.3, 0.4) is 0 Å². The molecule has 7 heteroatoms. The van der Waals surface area contributed by atoms with E-state index >= 15 is 0 Å². The smallest absolute Gasteiger partial charge is 0.253 e. The van der Waals surface area contributed by atoms with Gasteiger partial charge in [0.15, 0.2) is 0 Å². The van der Waals surface area contributed by atoms with Gasteiger partial charge in [-0.2, -0.15) is 0 Å². The van der Waals surface area contributed by atoms with E-state index in [2.05, 4.69) is 15.3 Å². The van der Waals surface area contributed by atoms with Gasteiger partial charge >= 0.3 is 0 Å². The molecular formula is C22H18N4O2S. The zero-order valence-electron chi connectivity index (χ0n) is 15.7. The first-order chi connectivity index (χ1) is 14.1. The SMILES string of the molecule is Cn1cc(C(=O)NCc2cccnc2-c2ccncc2)c(-c2cccs2)cc1=O. The molecule has 4 rings (SSSR count). The number of amides is 1. The number of thiophene rings is 1. The number of carbonyl (C=O) groups excluding carboxylic acids is 1. The van der Waals surface area contributed by atoms with Crippen molar-refractivity contribution in [3.05, 3.63) is 94.1 Å². The van der Waals surface area contributed by atoms with Gasteiger partial charge in [-0.1, -0.05) is 12.1 Å². The highest BCUT2D eigenvalue weighted by Gasteiger charge is 2.16. The number of aromatic nitrogens is 3. The average molecular weight is 402 g/mol. The van der Waals surface area contributed by atoms with Gasteiger partial charge in [0.25, 0.3) is 11.5 Å². The molecule has 0 aliphatic rings. The monoisotopic (exact) mass is 402 g/mol. The standard InChI is InChI=1S/C22H18N4O2S/c1-26-14-18(17(12-20(26)27)19-5-3-11-29-19)22(28)25-13-16-4-2-8-24-21(16)15-6-9-23-10-7-15/h2-12,14H,13H2,1H3,(H,25,28). The second-order valence-electron chi connectivity index (χ2n) is 6.46. The third-order valence-corrected chi connectivity index (χ3v) is 5.45. The van der Waals surface area contributed by atoms with E-state index < -0.39 is 0 Å². The summed E-state index contributed by atoms with van der Waals surface area (Å²) >= 11 is 1.49. The average Bonchev–Trinajstić information content (AvgIpc) is 3.29. The maximum atomic E-state index is 13.0. The second-order valence-corrected chi connectivity index (χ2v) is 7.40.